The minimum atomic E-state index is -0.400. The first-order valence-electron chi connectivity index (χ1n) is 5.36. The van der Waals surface area contributed by atoms with Crippen LogP contribution in [0.1, 0.15) is 24.0 Å². The number of nitrogens with one attached hydrogen (secondary N) is 1. The van der Waals surface area contributed by atoms with E-state index in [0.29, 0.717) is 6.04 Å². The van der Waals surface area contributed by atoms with E-state index in [-0.39, 0.29) is 0 Å². The lowest BCUT2D eigenvalue weighted by Crippen LogP contribution is -2.23. The molecule has 1 aliphatic heterocycles. The molecule has 1 saturated heterocycles. The van der Waals surface area contributed by atoms with Crippen LogP contribution in [-0.2, 0) is 13.1 Å². The van der Waals surface area contributed by atoms with E-state index in [2.05, 4.69) is 21.2 Å². The first-order valence-corrected chi connectivity index (χ1v) is 6.15. The van der Waals surface area contributed by atoms with E-state index in [1.165, 1.54) is 18.4 Å². The molecule has 0 aliphatic carbocycles. The van der Waals surface area contributed by atoms with Crippen LogP contribution in [0.15, 0.2) is 22.7 Å². The van der Waals surface area contributed by atoms with Crippen LogP contribution in [0.4, 0.5) is 4.39 Å². The third kappa shape index (κ3) is 2.79. The lowest BCUT2D eigenvalue weighted by molar-refractivity contribution is 0.483. The Balaban J connectivity index is 2.05. The van der Waals surface area contributed by atoms with Crippen molar-refractivity contribution in [3.63, 3.8) is 0 Å². The molecule has 1 aromatic rings. The molecule has 1 unspecified atom stereocenters. The van der Waals surface area contributed by atoms with Gasteiger partial charge in [0.15, 0.2) is 0 Å². The Morgan fingerprint density at radius 1 is 1.47 bits per heavy atom. The van der Waals surface area contributed by atoms with E-state index >= 15 is 0 Å². The lowest BCUT2D eigenvalue weighted by Gasteiger charge is -2.11. The largest absolute Gasteiger partial charge is 0.314 e. The molecule has 0 saturated carbocycles. The van der Waals surface area contributed by atoms with Gasteiger partial charge in [0.2, 0.25) is 0 Å². The quantitative estimate of drug-likeness (QED) is 0.890. The molecule has 1 N–H and O–H groups in total. The van der Waals surface area contributed by atoms with Crippen molar-refractivity contribution < 1.29 is 4.39 Å². The SMILES string of the molecule is FCc1ccc(CC2CCCN2)cc1Br. The van der Waals surface area contributed by atoms with Gasteiger partial charge >= 0.3 is 0 Å². The van der Waals surface area contributed by atoms with E-state index < -0.39 is 6.67 Å². The van der Waals surface area contributed by atoms with Crippen molar-refractivity contribution in [2.75, 3.05) is 6.54 Å². The number of alkyl halides is 1. The second-order valence-corrected chi connectivity index (χ2v) is 4.91. The number of rotatable bonds is 3. The molecule has 15 heavy (non-hydrogen) atoms. The summed E-state index contributed by atoms with van der Waals surface area (Å²) in [5, 5.41) is 3.46. The predicted octanol–water partition coefficient (Wildman–Crippen LogP) is 3.21. The van der Waals surface area contributed by atoms with E-state index in [9.17, 15) is 4.39 Å². The molecule has 1 aromatic carbocycles. The Morgan fingerprint density at radius 3 is 2.93 bits per heavy atom. The summed E-state index contributed by atoms with van der Waals surface area (Å²) in [7, 11) is 0. The monoisotopic (exact) mass is 271 g/mol. The minimum Gasteiger partial charge on any atom is -0.314 e. The Bertz CT molecular complexity index is 334. The zero-order valence-electron chi connectivity index (χ0n) is 8.60. The molecular weight excluding hydrogens is 257 g/mol. The van der Waals surface area contributed by atoms with Crippen LogP contribution in [0.25, 0.3) is 0 Å². The van der Waals surface area contributed by atoms with Gasteiger partial charge < -0.3 is 5.32 Å². The van der Waals surface area contributed by atoms with Crippen molar-refractivity contribution in [3.8, 4) is 0 Å². The van der Waals surface area contributed by atoms with Crippen molar-refractivity contribution >= 4 is 15.9 Å². The van der Waals surface area contributed by atoms with Crippen LogP contribution in [0, 0.1) is 0 Å². The standard InChI is InChI=1S/C12H15BrFN/c13-12-7-9(3-4-10(12)8-14)6-11-2-1-5-15-11/h3-4,7,11,15H,1-2,5-6,8H2. The van der Waals surface area contributed by atoms with Crippen molar-refractivity contribution in [1.82, 2.24) is 5.32 Å². The highest BCUT2D eigenvalue weighted by Gasteiger charge is 2.14. The summed E-state index contributed by atoms with van der Waals surface area (Å²) in [5.41, 5.74) is 2.01. The average Bonchev–Trinajstić information content (AvgIpc) is 2.71. The molecule has 2 rings (SSSR count). The predicted molar refractivity (Wildman–Crippen MR) is 63.7 cm³/mol. The van der Waals surface area contributed by atoms with Gasteiger partial charge in [-0.05, 0) is 43.0 Å². The molecule has 0 radical (unpaired) electrons. The van der Waals surface area contributed by atoms with Gasteiger partial charge in [-0.1, -0.05) is 28.1 Å². The highest BCUT2D eigenvalue weighted by atomic mass is 79.9. The maximum Gasteiger partial charge on any atom is 0.116 e. The first-order chi connectivity index (χ1) is 7.29. The summed E-state index contributed by atoms with van der Waals surface area (Å²) in [5.74, 6) is 0. The minimum absolute atomic E-state index is 0.400. The van der Waals surface area contributed by atoms with E-state index in [1.54, 1.807) is 0 Å². The van der Waals surface area contributed by atoms with Crippen molar-refractivity contribution in [2.24, 2.45) is 0 Å². The van der Waals surface area contributed by atoms with Gasteiger partial charge in [-0.15, -0.1) is 0 Å². The molecule has 82 valence electrons. The van der Waals surface area contributed by atoms with Gasteiger partial charge in [0.1, 0.15) is 6.67 Å². The van der Waals surface area contributed by atoms with Crippen LogP contribution in [0.2, 0.25) is 0 Å². The van der Waals surface area contributed by atoms with Gasteiger partial charge in [-0.2, -0.15) is 0 Å². The third-order valence-electron chi connectivity index (χ3n) is 2.91. The molecule has 1 heterocycles. The van der Waals surface area contributed by atoms with Crippen LogP contribution >= 0.6 is 15.9 Å². The molecule has 1 nitrogen and oxygen atoms in total. The van der Waals surface area contributed by atoms with E-state index in [1.807, 2.05) is 18.2 Å². The number of benzene rings is 1. The normalized spacial score (nSPS) is 20.8. The van der Waals surface area contributed by atoms with Crippen LogP contribution in [0.3, 0.4) is 0 Å². The highest BCUT2D eigenvalue weighted by Crippen LogP contribution is 2.21. The number of hydrogen-bond donors (Lipinski definition) is 1. The summed E-state index contributed by atoms with van der Waals surface area (Å²) < 4.78 is 13.4. The molecule has 0 aromatic heterocycles. The molecule has 0 spiro atoms. The number of halogens is 2. The first kappa shape index (κ1) is 11.1. The summed E-state index contributed by atoms with van der Waals surface area (Å²) >= 11 is 3.40. The van der Waals surface area contributed by atoms with Gasteiger partial charge in [0.05, 0.1) is 0 Å². The smallest absolute Gasteiger partial charge is 0.116 e. The Morgan fingerprint density at radius 2 is 2.33 bits per heavy atom. The molecule has 0 bridgehead atoms. The Kier molecular flexibility index (Phi) is 3.76. The molecule has 3 heteroatoms. The molecular formula is C12H15BrFN. The second kappa shape index (κ2) is 5.08. The van der Waals surface area contributed by atoms with Crippen LogP contribution in [-0.4, -0.2) is 12.6 Å². The fourth-order valence-corrected chi connectivity index (χ4v) is 2.57. The highest BCUT2D eigenvalue weighted by molar-refractivity contribution is 9.10. The summed E-state index contributed by atoms with van der Waals surface area (Å²) in [6.45, 7) is 0.733. The molecule has 0 amide bonds. The Labute approximate surface area is 98.2 Å². The van der Waals surface area contributed by atoms with Crippen LogP contribution in [0.5, 0.6) is 0 Å². The summed E-state index contributed by atoms with van der Waals surface area (Å²) in [6.07, 6.45) is 3.57. The average molecular weight is 272 g/mol. The van der Waals surface area contributed by atoms with Gasteiger partial charge in [0.25, 0.3) is 0 Å². The van der Waals surface area contributed by atoms with Gasteiger partial charge in [-0.25, -0.2) is 4.39 Å². The van der Waals surface area contributed by atoms with Crippen LogP contribution < -0.4 is 5.32 Å². The second-order valence-electron chi connectivity index (χ2n) is 4.06. The van der Waals surface area contributed by atoms with E-state index in [0.717, 1.165) is 23.0 Å². The zero-order chi connectivity index (χ0) is 10.7. The maximum atomic E-state index is 12.5. The third-order valence-corrected chi connectivity index (χ3v) is 3.64. The number of hydrogen-bond acceptors (Lipinski definition) is 1. The fourth-order valence-electron chi connectivity index (χ4n) is 2.04. The van der Waals surface area contributed by atoms with Crippen molar-refractivity contribution in [3.05, 3.63) is 33.8 Å². The van der Waals surface area contributed by atoms with Gasteiger partial charge in [0, 0.05) is 10.5 Å². The maximum absolute atomic E-state index is 12.5. The summed E-state index contributed by atoms with van der Waals surface area (Å²) in [6, 6.07) is 6.54. The Hall–Kier alpha value is -0.410. The molecule has 1 atom stereocenters. The fraction of sp³-hybridized carbons (Fsp3) is 0.500. The molecule has 1 aliphatic rings. The summed E-state index contributed by atoms with van der Waals surface area (Å²) in [4.78, 5) is 0. The lowest BCUT2D eigenvalue weighted by atomic mass is 10.0. The molecule has 1 fully saturated rings. The topological polar surface area (TPSA) is 12.0 Å². The van der Waals surface area contributed by atoms with E-state index in [4.69, 9.17) is 0 Å². The van der Waals surface area contributed by atoms with Gasteiger partial charge in [-0.3, -0.25) is 0 Å². The zero-order valence-corrected chi connectivity index (χ0v) is 10.2. The van der Waals surface area contributed by atoms with Crippen molar-refractivity contribution in [2.45, 2.75) is 32.0 Å². The van der Waals surface area contributed by atoms with Crippen molar-refractivity contribution in [1.29, 1.82) is 0 Å².